The smallest absolute Gasteiger partial charge is 0.175 e. The van der Waals surface area contributed by atoms with Crippen molar-refractivity contribution in [2.75, 3.05) is 12.3 Å². The Kier molecular flexibility index (Phi) is 4.97. The molecule has 4 nitrogen and oxygen atoms in total. The van der Waals surface area contributed by atoms with Crippen molar-refractivity contribution in [2.24, 2.45) is 4.99 Å². The first kappa shape index (κ1) is 16.7. The maximum absolute atomic E-state index is 13.2. The summed E-state index contributed by atoms with van der Waals surface area (Å²) in [6, 6.07) is 9.75. The normalized spacial score (nSPS) is 22.1. The Morgan fingerprint density at radius 3 is 2.83 bits per heavy atom. The number of thioether (sulfide) groups is 1. The fraction of sp³-hybridized carbons (Fsp3) is 0.222. The fourth-order valence-electron chi connectivity index (χ4n) is 2.58. The molecule has 0 spiro atoms. The molecule has 1 aliphatic heterocycles. The van der Waals surface area contributed by atoms with Gasteiger partial charge in [0.25, 0.3) is 0 Å². The zero-order chi connectivity index (χ0) is 17.0. The van der Waals surface area contributed by atoms with Gasteiger partial charge in [-0.2, -0.15) is 0 Å². The highest BCUT2D eigenvalue weighted by Gasteiger charge is 2.44. The summed E-state index contributed by atoms with van der Waals surface area (Å²) in [5, 5.41) is 11.9. The Hall–Kier alpha value is -2.18. The largest absolute Gasteiger partial charge is 0.366 e. The molecule has 0 bridgehead atoms. The van der Waals surface area contributed by atoms with Crippen LogP contribution >= 0.6 is 11.8 Å². The topological polar surface area (TPSA) is 48.7 Å². The van der Waals surface area contributed by atoms with Crippen LogP contribution in [-0.2, 0) is 12.3 Å². The third kappa shape index (κ3) is 3.34. The summed E-state index contributed by atoms with van der Waals surface area (Å²) >= 11 is 1.48. The van der Waals surface area contributed by atoms with E-state index in [2.05, 4.69) is 16.6 Å². The average Bonchev–Trinajstić information content (AvgIpc) is 2.92. The molecule has 24 heavy (non-hydrogen) atoms. The lowest BCUT2D eigenvalue weighted by Crippen LogP contribution is -2.45. The van der Waals surface area contributed by atoms with E-state index in [-0.39, 0.29) is 5.82 Å². The van der Waals surface area contributed by atoms with Gasteiger partial charge in [-0.1, -0.05) is 36.0 Å². The molecule has 1 fully saturated rings. The molecule has 2 heterocycles. The van der Waals surface area contributed by atoms with E-state index >= 15 is 0 Å². The van der Waals surface area contributed by atoms with Crippen molar-refractivity contribution in [2.45, 2.75) is 12.3 Å². The van der Waals surface area contributed by atoms with Gasteiger partial charge < -0.3 is 10.0 Å². The first-order chi connectivity index (χ1) is 11.6. The highest BCUT2D eigenvalue weighted by molar-refractivity contribution is 8.14. The summed E-state index contributed by atoms with van der Waals surface area (Å²) in [5.74, 6) is 0.104. The van der Waals surface area contributed by atoms with Gasteiger partial charge in [0.1, 0.15) is 5.82 Å². The Bertz CT molecular complexity index is 736. The van der Waals surface area contributed by atoms with Crippen LogP contribution in [0.15, 0.2) is 66.4 Å². The second-order valence-corrected chi connectivity index (χ2v) is 6.41. The third-order valence-electron chi connectivity index (χ3n) is 3.82. The molecule has 2 aromatic rings. The van der Waals surface area contributed by atoms with Crippen LogP contribution < -0.4 is 0 Å². The van der Waals surface area contributed by atoms with Crippen molar-refractivity contribution in [1.82, 2.24) is 9.88 Å². The predicted octanol–water partition coefficient (Wildman–Crippen LogP) is 3.16. The van der Waals surface area contributed by atoms with Gasteiger partial charge in [-0.05, 0) is 23.8 Å². The molecule has 3 rings (SSSR count). The maximum Gasteiger partial charge on any atom is 0.175 e. The summed E-state index contributed by atoms with van der Waals surface area (Å²) in [6.45, 7) is 4.70. The molecule has 1 aliphatic rings. The minimum absolute atomic E-state index is 0.325. The zero-order valence-electron chi connectivity index (χ0n) is 13.1. The van der Waals surface area contributed by atoms with Gasteiger partial charge in [-0.15, -0.1) is 6.58 Å². The molecule has 0 aliphatic carbocycles. The number of aromatic nitrogens is 1. The second-order valence-electron chi connectivity index (χ2n) is 5.47. The number of hydrogen-bond acceptors (Lipinski definition) is 4. The van der Waals surface area contributed by atoms with E-state index in [4.69, 9.17) is 0 Å². The standard InChI is InChI=1S/C18H18FN3OS/c1-2-10-22-17(21-12-14-4-3-9-20-11-14)24-13-18(22,23)15-5-7-16(19)8-6-15/h2-9,11,23H,1,10,12-13H2. The molecule has 1 atom stereocenters. The van der Waals surface area contributed by atoms with Crippen molar-refractivity contribution < 1.29 is 9.50 Å². The molecule has 1 aromatic carbocycles. The van der Waals surface area contributed by atoms with Crippen LogP contribution in [0.2, 0.25) is 0 Å². The highest BCUT2D eigenvalue weighted by atomic mass is 32.2. The molecule has 1 N–H and O–H groups in total. The third-order valence-corrected chi connectivity index (χ3v) is 4.97. The number of benzene rings is 1. The van der Waals surface area contributed by atoms with Gasteiger partial charge in [0.05, 0.1) is 12.3 Å². The number of hydrogen-bond donors (Lipinski definition) is 1. The van der Waals surface area contributed by atoms with Crippen LogP contribution in [0.5, 0.6) is 0 Å². The molecule has 0 saturated carbocycles. The van der Waals surface area contributed by atoms with Gasteiger partial charge >= 0.3 is 0 Å². The Balaban J connectivity index is 1.87. The van der Waals surface area contributed by atoms with E-state index in [1.807, 2.05) is 12.1 Å². The quantitative estimate of drug-likeness (QED) is 0.847. The van der Waals surface area contributed by atoms with Crippen molar-refractivity contribution in [1.29, 1.82) is 0 Å². The maximum atomic E-state index is 13.2. The summed E-state index contributed by atoms with van der Waals surface area (Å²) in [4.78, 5) is 10.5. The monoisotopic (exact) mass is 343 g/mol. The SMILES string of the molecule is C=CCN1C(=NCc2cccnc2)SCC1(O)c1ccc(F)cc1. The van der Waals surface area contributed by atoms with E-state index in [0.29, 0.717) is 24.4 Å². The lowest BCUT2D eigenvalue weighted by Gasteiger charge is -2.33. The van der Waals surface area contributed by atoms with Crippen molar-refractivity contribution in [3.8, 4) is 0 Å². The van der Waals surface area contributed by atoms with Crippen molar-refractivity contribution >= 4 is 16.9 Å². The van der Waals surface area contributed by atoms with Crippen LogP contribution in [-0.4, -0.2) is 32.5 Å². The number of halogens is 1. The van der Waals surface area contributed by atoms with Crippen molar-refractivity contribution in [3.63, 3.8) is 0 Å². The van der Waals surface area contributed by atoms with Crippen molar-refractivity contribution in [3.05, 3.63) is 78.4 Å². The van der Waals surface area contributed by atoms with Gasteiger partial charge in [-0.3, -0.25) is 9.98 Å². The Morgan fingerprint density at radius 1 is 1.38 bits per heavy atom. The molecule has 0 radical (unpaired) electrons. The van der Waals surface area contributed by atoms with Crippen LogP contribution in [0, 0.1) is 5.82 Å². The number of rotatable bonds is 5. The summed E-state index contributed by atoms with van der Waals surface area (Å²) in [6.07, 6.45) is 5.21. The van der Waals surface area contributed by atoms with E-state index in [9.17, 15) is 9.50 Å². The van der Waals surface area contributed by atoms with E-state index in [1.165, 1.54) is 23.9 Å². The average molecular weight is 343 g/mol. The van der Waals surface area contributed by atoms with E-state index in [0.717, 1.165) is 10.7 Å². The zero-order valence-corrected chi connectivity index (χ0v) is 13.9. The molecule has 6 heteroatoms. The van der Waals surface area contributed by atoms with Gasteiger partial charge in [-0.25, -0.2) is 4.39 Å². The molecular formula is C18H18FN3OS. The molecule has 124 valence electrons. The number of pyridine rings is 1. The van der Waals surface area contributed by atoms with E-state index < -0.39 is 5.72 Å². The summed E-state index contributed by atoms with van der Waals surface area (Å²) in [7, 11) is 0. The first-order valence-corrected chi connectivity index (χ1v) is 8.55. The summed E-state index contributed by atoms with van der Waals surface area (Å²) < 4.78 is 13.2. The number of amidine groups is 1. The Labute approximate surface area is 144 Å². The fourth-order valence-corrected chi connectivity index (χ4v) is 3.77. The van der Waals surface area contributed by atoms with Gasteiger partial charge in [0, 0.05) is 24.5 Å². The minimum atomic E-state index is -1.22. The molecule has 1 aromatic heterocycles. The number of aliphatic hydroxyl groups is 1. The Morgan fingerprint density at radius 2 is 2.17 bits per heavy atom. The predicted molar refractivity (Wildman–Crippen MR) is 95.0 cm³/mol. The molecule has 1 saturated heterocycles. The second kappa shape index (κ2) is 7.15. The van der Waals surface area contributed by atoms with Crippen LogP contribution in [0.25, 0.3) is 0 Å². The molecule has 1 unspecified atom stereocenters. The first-order valence-electron chi connectivity index (χ1n) is 7.56. The van der Waals surface area contributed by atoms with E-state index in [1.54, 1.807) is 35.5 Å². The number of nitrogens with zero attached hydrogens (tertiary/aromatic N) is 3. The minimum Gasteiger partial charge on any atom is -0.366 e. The van der Waals surface area contributed by atoms with Gasteiger partial charge in [0.15, 0.2) is 10.9 Å². The highest BCUT2D eigenvalue weighted by Crippen LogP contribution is 2.39. The van der Waals surface area contributed by atoms with Crippen LogP contribution in [0.1, 0.15) is 11.1 Å². The lowest BCUT2D eigenvalue weighted by atomic mass is 10.0. The number of aliphatic imine (C=N–C) groups is 1. The summed E-state index contributed by atoms with van der Waals surface area (Å²) in [5.41, 5.74) is 0.423. The van der Waals surface area contributed by atoms with Crippen LogP contribution in [0.3, 0.4) is 0 Å². The molecular weight excluding hydrogens is 325 g/mol. The van der Waals surface area contributed by atoms with Crippen LogP contribution in [0.4, 0.5) is 4.39 Å². The lowest BCUT2D eigenvalue weighted by molar-refractivity contribution is -0.0424. The molecule has 0 amide bonds. The van der Waals surface area contributed by atoms with Gasteiger partial charge in [0.2, 0.25) is 0 Å².